The van der Waals surface area contributed by atoms with Gasteiger partial charge in [-0.15, -0.1) is 0 Å². The van der Waals surface area contributed by atoms with E-state index >= 15 is 0 Å². The van der Waals surface area contributed by atoms with Gasteiger partial charge in [0.25, 0.3) is 11.8 Å². The van der Waals surface area contributed by atoms with E-state index in [0.29, 0.717) is 25.2 Å². The first-order valence-electron chi connectivity index (χ1n) is 14.0. The molecule has 0 bridgehead atoms. The number of hydrogen-bond acceptors (Lipinski definition) is 4. The van der Waals surface area contributed by atoms with E-state index in [1.165, 1.54) is 38.5 Å². The fourth-order valence-electron chi connectivity index (χ4n) is 6.76. The average Bonchev–Trinajstić information content (AvgIpc) is 3.34. The van der Waals surface area contributed by atoms with Crippen molar-refractivity contribution in [2.24, 2.45) is 0 Å². The molecule has 2 aromatic carbocycles. The van der Waals surface area contributed by atoms with E-state index in [9.17, 15) is 9.59 Å². The summed E-state index contributed by atoms with van der Waals surface area (Å²) in [5.41, 5.74) is 3.72. The molecule has 0 radical (unpaired) electrons. The van der Waals surface area contributed by atoms with Crippen LogP contribution in [0.4, 0.5) is 0 Å². The van der Waals surface area contributed by atoms with Crippen molar-refractivity contribution in [1.82, 2.24) is 20.4 Å². The Morgan fingerprint density at radius 1 is 0.583 bits per heavy atom. The summed E-state index contributed by atoms with van der Waals surface area (Å²) in [6.07, 6.45) is 12.0. The predicted molar refractivity (Wildman–Crippen MR) is 140 cm³/mol. The minimum absolute atomic E-state index is 0.0693. The highest BCUT2D eigenvalue weighted by Crippen LogP contribution is 2.36. The minimum atomic E-state index is -0.123. The molecule has 2 heterocycles. The van der Waals surface area contributed by atoms with Crippen LogP contribution in [0.1, 0.15) is 108 Å². The van der Waals surface area contributed by atoms with Crippen molar-refractivity contribution in [3.8, 4) is 0 Å². The van der Waals surface area contributed by atoms with Crippen LogP contribution in [0.25, 0.3) is 0 Å². The maximum atomic E-state index is 13.5. The third-order valence-electron chi connectivity index (χ3n) is 8.70. The van der Waals surface area contributed by atoms with E-state index in [1.54, 1.807) is 0 Å². The first kappa shape index (κ1) is 23.7. The molecule has 0 aromatic heterocycles. The van der Waals surface area contributed by atoms with Gasteiger partial charge in [0.15, 0.2) is 0 Å². The van der Waals surface area contributed by atoms with Crippen LogP contribution in [-0.4, -0.2) is 46.8 Å². The number of amides is 2. The number of rotatable bonds is 7. The highest BCUT2D eigenvalue weighted by molar-refractivity contribution is 6.00. The molecule has 4 aliphatic rings. The van der Waals surface area contributed by atoms with Crippen molar-refractivity contribution in [3.63, 3.8) is 0 Å². The first-order valence-corrected chi connectivity index (χ1v) is 14.0. The lowest BCUT2D eigenvalue weighted by Crippen LogP contribution is -2.48. The fourth-order valence-corrected chi connectivity index (χ4v) is 6.76. The van der Waals surface area contributed by atoms with Gasteiger partial charge in [0.1, 0.15) is 12.3 Å². The molecule has 2 N–H and O–H groups in total. The van der Waals surface area contributed by atoms with Gasteiger partial charge in [-0.1, -0.05) is 74.9 Å². The predicted octanol–water partition coefficient (Wildman–Crippen LogP) is 5.14. The SMILES string of the molecule is O=C1c2ccccc2[C@H](NC2CCCCC2)N1CCN1C(=O)c2ccccc2[C@@H]1NC1CCCCC1. The number of benzene rings is 2. The molecule has 190 valence electrons. The molecule has 2 fully saturated rings. The second kappa shape index (κ2) is 10.3. The van der Waals surface area contributed by atoms with Crippen LogP contribution in [0.3, 0.4) is 0 Å². The summed E-state index contributed by atoms with van der Waals surface area (Å²) in [6.45, 7) is 1.03. The molecule has 36 heavy (non-hydrogen) atoms. The Balaban J connectivity index is 1.22. The van der Waals surface area contributed by atoms with E-state index in [4.69, 9.17) is 0 Å². The highest BCUT2D eigenvalue weighted by atomic mass is 16.2. The van der Waals surface area contributed by atoms with Crippen LogP contribution in [0.2, 0.25) is 0 Å². The van der Waals surface area contributed by atoms with E-state index in [2.05, 4.69) is 22.8 Å². The zero-order chi connectivity index (χ0) is 24.5. The standard InChI is InChI=1S/C30H38N4O2/c35-29-25-17-9-7-15-23(25)27(31-21-11-3-1-4-12-21)33(29)19-20-34-28(32-22-13-5-2-6-14-22)24-16-8-10-18-26(24)30(34)36/h7-10,15-18,21-22,27-28,31-32H,1-6,11-14,19-20H2/t27-,28-/m1/s1. The zero-order valence-corrected chi connectivity index (χ0v) is 21.1. The molecule has 2 amide bonds. The number of nitrogens with zero attached hydrogens (tertiary/aromatic N) is 2. The molecule has 0 spiro atoms. The summed E-state index contributed by atoms with van der Waals surface area (Å²) < 4.78 is 0. The summed E-state index contributed by atoms with van der Waals surface area (Å²) in [5.74, 6) is 0.139. The quantitative estimate of drug-likeness (QED) is 0.569. The molecular formula is C30H38N4O2. The monoisotopic (exact) mass is 486 g/mol. The molecule has 2 atom stereocenters. The van der Waals surface area contributed by atoms with Crippen molar-refractivity contribution in [3.05, 3.63) is 70.8 Å². The van der Waals surface area contributed by atoms with Crippen LogP contribution in [-0.2, 0) is 0 Å². The second-order valence-electron chi connectivity index (χ2n) is 11.0. The lowest BCUT2D eigenvalue weighted by atomic mass is 9.95. The summed E-state index contributed by atoms with van der Waals surface area (Å²) in [5, 5.41) is 7.64. The van der Waals surface area contributed by atoms with Gasteiger partial charge in [0.05, 0.1) is 0 Å². The summed E-state index contributed by atoms with van der Waals surface area (Å²) in [7, 11) is 0. The van der Waals surface area contributed by atoms with Crippen LogP contribution < -0.4 is 10.6 Å². The average molecular weight is 487 g/mol. The topological polar surface area (TPSA) is 64.7 Å². The van der Waals surface area contributed by atoms with Gasteiger partial charge in [-0.3, -0.25) is 20.2 Å². The second-order valence-corrected chi connectivity index (χ2v) is 11.0. The smallest absolute Gasteiger partial charge is 0.255 e. The van der Waals surface area contributed by atoms with Gasteiger partial charge in [-0.2, -0.15) is 0 Å². The third-order valence-corrected chi connectivity index (χ3v) is 8.70. The van der Waals surface area contributed by atoms with Gasteiger partial charge >= 0.3 is 0 Å². The van der Waals surface area contributed by atoms with Gasteiger partial charge in [-0.05, 0) is 37.8 Å². The largest absolute Gasteiger partial charge is 0.317 e. The van der Waals surface area contributed by atoms with Crippen molar-refractivity contribution in [1.29, 1.82) is 0 Å². The fraction of sp³-hybridized carbons (Fsp3) is 0.533. The van der Waals surface area contributed by atoms with Gasteiger partial charge in [-0.25, -0.2) is 0 Å². The van der Waals surface area contributed by atoms with Crippen LogP contribution in [0.15, 0.2) is 48.5 Å². The highest BCUT2D eigenvalue weighted by Gasteiger charge is 2.41. The molecule has 2 saturated carbocycles. The lowest BCUT2D eigenvalue weighted by Gasteiger charge is -2.35. The van der Waals surface area contributed by atoms with Crippen LogP contribution in [0.5, 0.6) is 0 Å². The molecule has 2 aromatic rings. The van der Waals surface area contributed by atoms with E-state index in [0.717, 1.165) is 47.9 Å². The molecule has 6 nitrogen and oxygen atoms in total. The Kier molecular flexibility index (Phi) is 6.81. The minimum Gasteiger partial charge on any atom is -0.317 e. The number of hydrogen-bond donors (Lipinski definition) is 2. The number of carbonyl (C=O) groups excluding carboxylic acids is 2. The van der Waals surface area contributed by atoms with Gasteiger partial charge in [0, 0.05) is 47.4 Å². The maximum Gasteiger partial charge on any atom is 0.255 e. The normalized spacial score (nSPS) is 24.9. The van der Waals surface area contributed by atoms with Crippen LogP contribution in [0, 0.1) is 0 Å². The number of nitrogens with one attached hydrogen (secondary N) is 2. The maximum absolute atomic E-state index is 13.5. The van der Waals surface area contributed by atoms with Crippen molar-refractivity contribution in [2.45, 2.75) is 88.6 Å². The third kappa shape index (κ3) is 4.46. The Morgan fingerprint density at radius 2 is 0.972 bits per heavy atom. The lowest BCUT2D eigenvalue weighted by molar-refractivity contribution is 0.0533. The Labute approximate surface area is 214 Å². The van der Waals surface area contributed by atoms with Crippen LogP contribution >= 0.6 is 0 Å². The van der Waals surface area contributed by atoms with Gasteiger partial charge < -0.3 is 9.80 Å². The molecule has 6 heteroatoms. The molecule has 2 aliphatic carbocycles. The number of fused-ring (bicyclic) bond motifs is 2. The zero-order valence-electron chi connectivity index (χ0n) is 21.1. The first-order chi connectivity index (χ1) is 17.7. The van der Waals surface area contributed by atoms with Gasteiger partial charge in [0.2, 0.25) is 0 Å². The van der Waals surface area contributed by atoms with E-state index in [1.807, 2.05) is 46.2 Å². The molecule has 2 aliphatic heterocycles. The van der Waals surface area contributed by atoms with E-state index in [-0.39, 0.29) is 24.1 Å². The Hall–Kier alpha value is -2.70. The molecule has 0 saturated heterocycles. The van der Waals surface area contributed by atoms with E-state index < -0.39 is 0 Å². The van der Waals surface area contributed by atoms with Crippen molar-refractivity contribution < 1.29 is 9.59 Å². The summed E-state index contributed by atoms with van der Waals surface area (Å²) >= 11 is 0. The number of carbonyl (C=O) groups is 2. The molecule has 0 unspecified atom stereocenters. The Morgan fingerprint density at radius 3 is 1.39 bits per heavy atom. The molecule has 6 rings (SSSR count). The van der Waals surface area contributed by atoms with Crippen molar-refractivity contribution in [2.75, 3.05) is 13.1 Å². The molecular weight excluding hydrogens is 448 g/mol. The summed E-state index contributed by atoms with van der Waals surface area (Å²) in [4.78, 5) is 31.0. The Bertz CT molecular complexity index is 1020. The van der Waals surface area contributed by atoms with Crippen molar-refractivity contribution >= 4 is 11.8 Å². The summed E-state index contributed by atoms with van der Waals surface area (Å²) in [6, 6.07) is 16.9.